The Hall–Kier alpha value is -2.83. The fraction of sp³-hybridized carbons (Fsp3) is 0.500. The number of nitrogens with one attached hydrogen (secondary N) is 1. The molecule has 0 spiro atoms. The number of carbonyl (C=O) groups is 2. The van der Waals surface area contributed by atoms with E-state index in [1.54, 1.807) is 26.8 Å². The van der Waals surface area contributed by atoms with Crippen molar-refractivity contribution in [1.29, 1.82) is 0 Å². The van der Waals surface area contributed by atoms with Crippen LogP contribution in [0.25, 0.3) is 11.0 Å². The van der Waals surface area contributed by atoms with Crippen molar-refractivity contribution < 1.29 is 23.8 Å². The van der Waals surface area contributed by atoms with Gasteiger partial charge in [0, 0.05) is 16.5 Å². The van der Waals surface area contributed by atoms with Crippen molar-refractivity contribution in [2.24, 2.45) is 5.92 Å². The molecule has 0 radical (unpaired) electrons. The molecule has 0 fully saturated rings. The van der Waals surface area contributed by atoms with Crippen LogP contribution in [0.15, 0.2) is 21.3 Å². The Bertz CT molecular complexity index is 1010. The van der Waals surface area contributed by atoms with Crippen LogP contribution in [0.4, 0.5) is 0 Å². The number of fused-ring (bicyclic) bond motifs is 3. The lowest BCUT2D eigenvalue weighted by Gasteiger charge is -2.27. The fourth-order valence-electron chi connectivity index (χ4n) is 3.77. The Morgan fingerprint density at radius 3 is 2.59 bits per heavy atom. The van der Waals surface area contributed by atoms with Crippen LogP contribution in [0.2, 0.25) is 0 Å². The summed E-state index contributed by atoms with van der Waals surface area (Å²) in [7, 11) is 0. The minimum Gasteiger partial charge on any atom is -0.548 e. The molecule has 29 heavy (non-hydrogen) atoms. The van der Waals surface area contributed by atoms with E-state index < -0.39 is 24.0 Å². The van der Waals surface area contributed by atoms with Gasteiger partial charge >= 0.3 is 5.63 Å². The van der Waals surface area contributed by atoms with Gasteiger partial charge in [0.15, 0.2) is 6.10 Å². The van der Waals surface area contributed by atoms with Gasteiger partial charge in [0.1, 0.15) is 11.3 Å². The number of amides is 1. The minimum absolute atomic E-state index is 0.269. The van der Waals surface area contributed by atoms with Crippen molar-refractivity contribution in [3.63, 3.8) is 0 Å². The lowest BCUT2D eigenvalue weighted by molar-refractivity contribution is -0.309. The molecule has 3 rings (SSSR count). The first-order valence-electron chi connectivity index (χ1n) is 10.0. The normalized spacial score (nSPS) is 16.1. The highest BCUT2D eigenvalue weighted by Gasteiger charge is 2.25. The zero-order valence-electron chi connectivity index (χ0n) is 17.2. The second-order valence-corrected chi connectivity index (χ2v) is 7.72. The number of hydrogen-bond donors (Lipinski definition) is 1. The first-order chi connectivity index (χ1) is 13.7. The van der Waals surface area contributed by atoms with E-state index in [2.05, 4.69) is 5.32 Å². The maximum absolute atomic E-state index is 12.5. The highest BCUT2D eigenvalue weighted by molar-refractivity contribution is 5.88. The average Bonchev–Trinajstić information content (AvgIpc) is 3.18. The maximum atomic E-state index is 12.5. The fourth-order valence-corrected chi connectivity index (χ4v) is 3.77. The van der Waals surface area contributed by atoms with Gasteiger partial charge in [-0.3, -0.25) is 4.79 Å². The number of ether oxygens (including phenoxy) is 1. The topological polar surface area (TPSA) is 109 Å². The number of rotatable bonds is 7. The summed E-state index contributed by atoms with van der Waals surface area (Å²) in [5, 5.41) is 14.7. The third kappa shape index (κ3) is 3.99. The lowest BCUT2D eigenvalue weighted by Crippen LogP contribution is -2.54. The van der Waals surface area contributed by atoms with E-state index in [-0.39, 0.29) is 11.5 Å². The molecule has 0 saturated heterocycles. The van der Waals surface area contributed by atoms with E-state index in [4.69, 9.17) is 9.15 Å². The summed E-state index contributed by atoms with van der Waals surface area (Å²) < 4.78 is 11.3. The summed E-state index contributed by atoms with van der Waals surface area (Å²) in [4.78, 5) is 36.1. The van der Waals surface area contributed by atoms with Crippen LogP contribution in [-0.4, -0.2) is 24.0 Å². The van der Waals surface area contributed by atoms with Crippen LogP contribution >= 0.6 is 0 Å². The Morgan fingerprint density at radius 2 is 1.93 bits per heavy atom. The van der Waals surface area contributed by atoms with Crippen molar-refractivity contribution in [1.82, 2.24) is 5.32 Å². The molecule has 7 nitrogen and oxygen atoms in total. The Kier molecular flexibility index (Phi) is 5.96. The van der Waals surface area contributed by atoms with Crippen molar-refractivity contribution >= 4 is 22.8 Å². The van der Waals surface area contributed by atoms with E-state index in [1.807, 2.05) is 13.0 Å². The largest absolute Gasteiger partial charge is 0.548 e. The van der Waals surface area contributed by atoms with Crippen LogP contribution in [0.1, 0.15) is 50.3 Å². The number of aliphatic carboxylic acids is 1. The zero-order chi connectivity index (χ0) is 21.3. The smallest absolute Gasteiger partial charge is 0.339 e. The van der Waals surface area contributed by atoms with Gasteiger partial charge in [-0.25, -0.2) is 4.79 Å². The third-order valence-electron chi connectivity index (χ3n) is 5.78. The molecule has 1 N–H and O–H groups in total. The number of benzene rings is 1. The lowest BCUT2D eigenvalue weighted by atomic mass is 9.99. The molecule has 156 valence electrons. The Morgan fingerprint density at radius 1 is 1.24 bits per heavy atom. The van der Waals surface area contributed by atoms with Crippen molar-refractivity contribution in [2.75, 3.05) is 0 Å². The second kappa shape index (κ2) is 8.27. The monoisotopic (exact) mass is 400 g/mol. The summed E-state index contributed by atoms with van der Waals surface area (Å²) in [6.45, 7) is 6.90. The van der Waals surface area contributed by atoms with Crippen molar-refractivity contribution in [3.05, 3.63) is 39.2 Å². The van der Waals surface area contributed by atoms with Gasteiger partial charge in [0.2, 0.25) is 0 Å². The minimum atomic E-state index is -1.32. The Balaban J connectivity index is 1.83. The molecule has 0 aliphatic heterocycles. The molecule has 0 saturated carbocycles. The molecule has 3 atom stereocenters. The van der Waals surface area contributed by atoms with Crippen LogP contribution < -0.4 is 20.8 Å². The first kappa shape index (κ1) is 20.9. The number of aryl methyl sites for hydroxylation is 2. The molecule has 0 unspecified atom stereocenters. The molecule has 0 bridgehead atoms. The Labute approximate surface area is 169 Å². The molecule has 1 aromatic heterocycles. The van der Waals surface area contributed by atoms with Gasteiger partial charge in [-0.2, -0.15) is 0 Å². The molecule has 1 aromatic carbocycles. The van der Waals surface area contributed by atoms with Crippen LogP contribution in [0.5, 0.6) is 5.75 Å². The predicted octanol–water partition coefficient (Wildman–Crippen LogP) is 1.64. The van der Waals surface area contributed by atoms with Gasteiger partial charge < -0.3 is 24.4 Å². The number of carboxylic acids is 1. The first-order valence-corrected chi connectivity index (χ1v) is 10.0. The third-order valence-corrected chi connectivity index (χ3v) is 5.78. The number of carbonyl (C=O) groups excluding carboxylic acids is 2. The summed E-state index contributed by atoms with van der Waals surface area (Å²) in [5.74, 6) is -1.73. The van der Waals surface area contributed by atoms with Crippen molar-refractivity contribution in [2.45, 2.75) is 65.5 Å². The predicted molar refractivity (Wildman–Crippen MR) is 106 cm³/mol. The molecule has 2 aromatic rings. The standard InChI is InChI=1S/C22H27NO6/c1-5-11(2)18(21(25)26)23-20(24)13(4)28-17-10-9-15-14-7-6-8-16(14)22(27)29-19(15)12(17)3/h9-11,13,18H,5-8H2,1-4H3,(H,23,24)(H,25,26)/p-1/t11-,13+,18-/m0/s1. The average molecular weight is 400 g/mol. The highest BCUT2D eigenvalue weighted by atomic mass is 16.5. The van der Waals surface area contributed by atoms with Crippen LogP contribution in [-0.2, 0) is 22.4 Å². The SMILES string of the molecule is CC[C@H](C)[C@H](NC(=O)[C@@H](C)Oc1ccc2c3c(c(=O)oc2c1C)CCC3)C(=O)[O-]. The molecular weight excluding hydrogens is 374 g/mol. The molecule has 1 amide bonds. The van der Waals surface area contributed by atoms with Crippen LogP contribution in [0.3, 0.4) is 0 Å². The van der Waals surface area contributed by atoms with E-state index in [0.29, 0.717) is 23.3 Å². The van der Waals surface area contributed by atoms with Gasteiger partial charge in [0.05, 0.1) is 12.0 Å². The summed E-state index contributed by atoms with van der Waals surface area (Å²) in [5.41, 5.74) is 2.56. The number of hydrogen-bond acceptors (Lipinski definition) is 6. The van der Waals surface area contributed by atoms with E-state index >= 15 is 0 Å². The van der Waals surface area contributed by atoms with E-state index in [0.717, 1.165) is 35.8 Å². The molecular formula is C22H26NO6-. The highest BCUT2D eigenvalue weighted by Crippen LogP contribution is 2.33. The second-order valence-electron chi connectivity index (χ2n) is 7.72. The molecule has 1 aliphatic rings. The maximum Gasteiger partial charge on any atom is 0.339 e. The molecule has 7 heteroatoms. The van der Waals surface area contributed by atoms with Gasteiger partial charge in [0.25, 0.3) is 5.91 Å². The molecule has 1 aliphatic carbocycles. The van der Waals surface area contributed by atoms with Gasteiger partial charge in [-0.05, 0) is 56.7 Å². The quantitative estimate of drug-likeness (QED) is 0.708. The van der Waals surface area contributed by atoms with Gasteiger partial charge in [-0.15, -0.1) is 0 Å². The summed E-state index contributed by atoms with van der Waals surface area (Å²) in [6, 6.07) is 2.51. The zero-order valence-corrected chi connectivity index (χ0v) is 17.2. The van der Waals surface area contributed by atoms with Gasteiger partial charge in [-0.1, -0.05) is 20.3 Å². The van der Waals surface area contributed by atoms with Crippen LogP contribution in [0, 0.1) is 12.8 Å². The number of carboxylic acid groups (broad SMARTS) is 1. The van der Waals surface area contributed by atoms with E-state index in [1.165, 1.54) is 0 Å². The van der Waals surface area contributed by atoms with E-state index in [9.17, 15) is 19.5 Å². The summed E-state index contributed by atoms with van der Waals surface area (Å²) >= 11 is 0. The molecule has 1 heterocycles. The summed E-state index contributed by atoms with van der Waals surface area (Å²) in [6.07, 6.45) is 2.16. The van der Waals surface area contributed by atoms with Crippen molar-refractivity contribution in [3.8, 4) is 5.75 Å².